The van der Waals surface area contributed by atoms with Crippen molar-refractivity contribution in [2.75, 3.05) is 18.5 Å². The Balaban J connectivity index is 1.72. The zero-order chi connectivity index (χ0) is 15.1. The zero-order valence-corrected chi connectivity index (χ0v) is 11.4. The third-order valence-electron chi connectivity index (χ3n) is 2.93. The van der Waals surface area contributed by atoms with E-state index in [1.807, 2.05) is 0 Å². The topological polar surface area (TPSA) is 41.5 Å². The average Bonchev–Trinajstić information content (AvgIpc) is 2.48. The van der Waals surface area contributed by atoms with Gasteiger partial charge in [0.05, 0.1) is 25.0 Å². The molecule has 21 heavy (non-hydrogen) atoms. The number of benzene rings is 2. The summed E-state index contributed by atoms with van der Waals surface area (Å²) in [6.07, 6.45) is -0.809. The summed E-state index contributed by atoms with van der Waals surface area (Å²) in [6, 6.07) is 12.5. The normalized spacial score (nSPS) is 12.1. The summed E-state index contributed by atoms with van der Waals surface area (Å²) >= 11 is 0. The highest BCUT2D eigenvalue weighted by atomic mass is 19.1. The number of hydrogen-bond donors (Lipinski definition) is 2. The summed E-state index contributed by atoms with van der Waals surface area (Å²) in [5.74, 6) is -0.714. The predicted octanol–water partition coefficient (Wildman–Crippen LogP) is 2.95. The van der Waals surface area contributed by atoms with Gasteiger partial charge >= 0.3 is 0 Å². The first-order chi connectivity index (χ1) is 10.2. The van der Waals surface area contributed by atoms with Crippen molar-refractivity contribution in [1.29, 1.82) is 0 Å². The van der Waals surface area contributed by atoms with Crippen LogP contribution in [0.15, 0.2) is 48.5 Å². The Morgan fingerprint density at radius 1 is 1.00 bits per heavy atom. The minimum Gasteiger partial charge on any atom is -0.389 e. The smallest absolute Gasteiger partial charge is 0.146 e. The minimum absolute atomic E-state index is 0.0375. The molecule has 0 aliphatic rings. The van der Waals surface area contributed by atoms with Crippen LogP contribution in [0.5, 0.6) is 0 Å². The highest BCUT2D eigenvalue weighted by molar-refractivity contribution is 5.44. The second-order valence-corrected chi connectivity index (χ2v) is 4.62. The van der Waals surface area contributed by atoms with Crippen LogP contribution in [0.25, 0.3) is 0 Å². The van der Waals surface area contributed by atoms with Crippen LogP contribution in [0, 0.1) is 11.6 Å². The van der Waals surface area contributed by atoms with Crippen molar-refractivity contribution in [1.82, 2.24) is 0 Å². The Morgan fingerprint density at radius 3 is 2.38 bits per heavy atom. The maximum atomic E-state index is 13.3. The Bertz CT molecular complexity index is 578. The molecule has 0 spiro atoms. The van der Waals surface area contributed by atoms with Crippen LogP contribution < -0.4 is 5.32 Å². The van der Waals surface area contributed by atoms with E-state index in [2.05, 4.69) is 5.32 Å². The van der Waals surface area contributed by atoms with Crippen LogP contribution >= 0.6 is 0 Å². The van der Waals surface area contributed by atoms with E-state index in [1.165, 1.54) is 12.1 Å². The van der Waals surface area contributed by atoms with Crippen LogP contribution in [0.3, 0.4) is 0 Å². The van der Waals surface area contributed by atoms with E-state index in [0.717, 1.165) is 0 Å². The standard InChI is InChI=1S/C16H17F2NO2/c17-14-6-2-1-5-12(14)10-21-11-13(20)9-19-16-8-4-3-7-15(16)18/h1-8,13,19-20H,9-11H2. The van der Waals surface area contributed by atoms with Crippen molar-refractivity contribution >= 4 is 5.69 Å². The van der Waals surface area contributed by atoms with Crippen molar-refractivity contribution in [2.45, 2.75) is 12.7 Å². The van der Waals surface area contributed by atoms with Crippen LogP contribution in [0.4, 0.5) is 14.5 Å². The third kappa shape index (κ3) is 4.81. The molecule has 0 aliphatic carbocycles. The van der Waals surface area contributed by atoms with Gasteiger partial charge in [0, 0.05) is 12.1 Å². The van der Waals surface area contributed by atoms with E-state index in [1.54, 1.807) is 36.4 Å². The van der Waals surface area contributed by atoms with E-state index in [-0.39, 0.29) is 31.4 Å². The second kappa shape index (κ2) is 7.71. The zero-order valence-electron chi connectivity index (χ0n) is 11.4. The second-order valence-electron chi connectivity index (χ2n) is 4.62. The molecule has 2 rings (SSSR count). The van der Waals surface area contributed by atoms with E-state index >= 15 is 0 Å². The van der Waals surface area contributed by atoms with Crippen LogP contribution in [0.1, 0.15) is 5.56 Å². The number of rotatable bonds is 7. The molecule has 0 aromatic heterocycles. The van der Waals surface area contributed by atoms with Gasteiger partial charge < -0.3 is 15.2 Å². The third-order valence-corrected chi connectivity index (χ3v) is 2.93. The molecule has 0 bridgehead atoms. The number of nitrogens with one attached hydrogen (secondary N) is 1. The lowest BCUT2D eigenvalue weighted by atomic mass is 10.2. The molecular formula is C16H17F2NO2. The largest absolute Gasteiger partial charge is 0.389 e. The number of anilines is 1. The number of para-hydroxylation sites is 1. The molecule has 0 aliphatic heterocycles. The maximum absolute atomic E-state index is 13.3. The lowest BCUT2D eigenvalue weighted by molar-refractivity contribution is 0.0337. The van der Waals surface area contributed by atoms with Gasteiger partial charge in [-0.15, -0.1) is 0 Å². The van der Waals surface area contributed by atoms with Crippen LogP contribution in [-0.2, 0) is 11.3 Å². The van der Waals surface area contributed by atoms with Crippen molar-refractivity contribution in [3.8, 4) is 0 Å². The average molecular weight is 293 g/mol. The lowest BCUT2D eigenvalue weighted by Crippen LogP contribution is -2.25. The molecular weight excluding hydrogens is 276 g/mol. The molecule has 5 heteroatoms. The highest BCUT2D eigenvalue weighted by Gasteiger charge is 2.07. The molecule has 0 fully saturated rings. The number of hydrogen-bond acceptors (Lipinski definition) is 3. The molecule has 2 N–H and O–H groups in total. The molecule has 0 radical (unpaired) electrons. The Morgan fingerprint density at radius 2 is 1.67 bits per heavy atom. The van der Waals surface area contributed by atoms with Crippen molar-refractivity contribution < 1.29 is 18.6 Å². The molecule has 112 valence electrons. The highest BCUT2D eigenvalue weighted by Crippen LogP contribution is 2.12. The molecule has 2 aromatic rings. The first-order valence-corrected chi connectivity index (χ1v) is 6.64. The molecule has 0 saturated heterocycles. The molecule has 0 amide bonds. The molecule has 0 saturated carbocycles. The summed E-state index contributed by atoms with van der Waals surface area (Å²) in [5.41, 5.74) is 0.761. The number of aliphatic hydroxyl groups excluding tert-OH is 1. The Hall–Kier alpha value is -1.98. The fourth-order valence-electron chi connectivity index (χ4n) is 1.81. The minimum atomic E-state index is -0.809. The van der Waals surface area contributed by atoms with E-state index in [4.69, 9.17) is 4.74 Å². The fourth-order valence-corrected chi connectivity index (χ4v) is 1.81. The van der Waals surface area contributed by atoms with E-state index < -0.39 is 6.10 Å². The SMILES string of the molecule is OC(CNc1ccccc1F)COCc1ccccc1F. The van der Waals surface area contributed by atoms with Gasteiger partial charge in [-0.3, -0.25) is 0 Å². The van der Waals surface area contributed by atoms with Gasteiger partial charge in [-0.25, -0.2) is 8.78 Å². The van der Waals surface area contributed by atoms with Gasteiger partial charge in [0.25, 0.3) is 0 Å². The molecule has 3 nitrogen and oxygen atoms in total. The first-order valence-electron chi connectivity index (χ1n) is 6.64. The molecule has 0 heterocycles. The summed E-state index contributed by atoms with van der Waals surface area (Å²) in [6.45, 7) is 0.275. The van der Waals surface area contributed by atoms with Crippen LogP contribution in [-0.4, -0.2) is 24.4 Å². The molecule has 1 atom stereocenters. The van der Waals surface area contributed by atoms with E-state index in [9.17, 15) is 13.9 Å². The first kappa shape index (κ1) is 15.4. The number of aliphatic hydroxyl groups is 1. The van der Waals surface area contributed by atoms with E-state index in [0.29, 0.717) is 11.3 Å². The maximum Gasteiger partial charge on any atom is 0.146 e. The van der Waals surface area contributed by atoms with Crippen LogP contribution in [0.2, 0.25) is 0 Å². The Labute approximate surface area is 122 Å². The van der Waals surface area contributed by atoms with Gasteiger partial charge in [0.1, 0.15) is 11.6 Å². The summed E-state index contributed by atoms with van der Waals surface area (Å²) in [5, 5.41) is 12.5. The lowest BCUT2D eigenvalue weighted by Gasteiger charge is -2.14. The van der Waals surface area contributed by atoms with Crippen molar-refractivity contribution in [3.63, 3.8) is 0 Å². The Kier molecular flexibility index (Phi) is 5.66. The van der Waals surface area contributed by atoms with Crippen molar-refractivity contribution in [3.05, 3.63) is 65.7 Å². The molecule has 1 unspecified atom stereocenters. The summed E-state index contributed by atoms with van der Waals surface area (Å²) in [4.78, 5) is 0. The molecule has 2 aromatic carbocycles. The number of halogens is 2. The summed E-state index contributed by atoms with van der Waals surface area (Å²) in [7, 11) is 0. The number of ether oxygens (including phenoxy) is 1. The van der Waals surface area contributed by atoms with Gasteiger partial charge in [-0.05, 0) is 18.2 Å². The van der Waals surface area contributed by atoms with Gasteiger partial charge in [0.2, 0.25) is 0 Å². The monoisotopic (exact) mass is 293 g/mol. The van der Waals surface area contributed by atoms with Gasteiger partial charge in [0.15, 0.2) is 0 Å². The predicted molar refractivity (Wildman–Crippen MR) is 77.0 cm³/mol. The quantitative estimate of drug-likeness (QED) is 0.824. The van der Waals surface area contributed by atoms with Gasteiger partial charge in [-0.2, -0.15) is 0 Å². The van der Waals surface area contributed by atoms with Gasteiger partial charge in [-0.1, -0.05) is 30.3 Å². The van der Waals surface area contributed by atoms with Crippen molar-refractivity contribution in [2.24, 2.45) is 0 Å². The fraction of sp³-hybridized carbons (Fsp3) is 0.250. The summed E-state index contributed by atoms with van der Waals surface area (Å²) < 4.78 is 31.9.